The fraction of sp³-hybridized carbons (Fsp3) is 0.294. The number of thiocarbonyl (C=S) groups is 1. The van der Waals surface area contributed by atoms with Gasteiger partial charge in [-0.25, -0.2) is 0 Å². The van der Waals surface area contributed by atoms with Crippen molar-refractivity contribution in [3.05, 3.63) is 41.3 Å². The number of hydrogen-bond donors (Lipinski definition) is 0. The van der Waals surface area contributed by atoms with Crippen LogP contribution in [0.2, 0.25) is 0 Å². The average molecular weight is 349 g/mol. The lowest BCUT2D eigenvalue weighted by atomic mass is 10.2. The van der Waals surface area contributed by atoms with Gasteiger partial charge in [0.1, 0.15) is 10.9 Å². The van der Waals surface area contributed by atoms with Gasteiger partial charge < -0.3 is 9.47 Å². The number of nitrogens with zero attached hydrogens (tertiary/aromatic N) is 1. The summed E-state index contributed by atoms with van der Waals surface area (Å²) in [4.78, 5) is 14.5. The van der Waals surface area contributed by atoms with Gasteiger partial charge in [0.05, 0.1) is 11.5 Å². The third-order valence-corrected chi connectivity index (χ3v) is 4.49. The van der Waals surface area contributed by atoms with Crippen molar-refractivity contribution in [1.82, 2.24) is 4.90 Å². The largest absolute Gasteiger partial charge is 0.490 e. The SMILES string of the molecule is C=CCOc1ccc(/C=C2\SC(=S)N(CC)C2=O)cc1OCC. The Hall–Kier alpha value is -1.79. The highest BCUT2D eigenvalue weighted by Crippen LogP contribution is 2.34. The monoisotopic (exact) mass is 349 g/mol. The van der Waals surface area contributed by atoms with Crippen molar-refractivity contribution >= 4 is 40.3 Å². The van der Waals surface area contributed by atoms with E-state index in [9.17, 15) is 4.79 Å². The van der Waals surface area contributed by atoms with Gasteiger partial charge in [0, 0.05) is 6.54 Å². The number of hydrogen-bond acceptors (Lipinski definition) is 5. The van der Waals surface area contributed by atoms with Crippen LogP contribution >= 0.6 is 24.0 Å². The van der Waals surface area contributed by atoms with Gasteiger partial charge in [-0.2, -0.15) is 0 Å². The fourth-order valence-electron chi connectivity index (χ4n) is 2.07. The second-order valence-corrected chi connectivity index (χ2v) is 6.34. The zero-order chi connectivity index (χ0) is 16.8. The minimum absolute atomic E-state index is 0.0487. The molecule has 0 spiro atoms. The Kier molecular flexibility index (Phi) is 6.24. The average Bonchev–Trinajstić information content (AvgIpc) is 2.80. The summed E-state index contributed by atoms with van der Waals surface area (Å²) in [6.07, 6.45) is 3.51. The molecule has 6 heteroatoms. The molecule has 0 unspecified atom stereocenters. The van der Waals surface area contributed by atoms with E-state index in [1.165, 1.54) is 11.8 Å². The Morgan fingerprint density at radius 1 is 1.30 bits per heavy atom. The highest BCUT2D eigenvalue weighted by molar-refractivity contribution is 8.26. The zero-order valence-electron chi connectivity index (χ0n) is 13.2. The van der Waals surface area contributed by atoms with Gasteiger partial charge in [0.15, 0.2) is 11.5 Å². The van der Waals surface area contributed by atoms with E-state index in [1.807, 2.05) is 38.1 Å². The van der Waals surface area contributed by atoms with Crippen LogP contribution in [0.25, 0.3) is 6.08 Å². The molecule has 1 amide bonds. The van der Waals surface area contributed by atoms with E-state index < -0.39 is 0 Å². The van der Waals surface area contributed by atoms with Gasteiger partial charge in [0.2, 0.25) is 0 Å². The summed E-state index contributed by atoms with van der Waals surface area (Å²) < 4.78 is 11.8. The molecule has 4 nitrogen and oxygen atoms in total. The van der Waals surface area contributed by atoms with Crippen LogP contribution in [0.4, 0.5) is 0 Å². The predicted molar refractivity (Wildman–Crippen MR) is 98.9 cm³/mol. The number of amides is 1. The molecule has 0 radical (unpaired) electrons. The van der Waals surface area contributed by atoms with Gasteiger partial charge in [0.25, 0.3) is 5.91 Å². The summed E-state index contributed by atoms with van der Waals surface area (Å²) in [5, 5.41) is 0. The third-order valence-electron chi connectivity index (χ3n) is 3.11. The molecule has 1 aliphatic rings. The first kappa shape index (κ1) is 17.6. The van der Waals surface area contributed by atoms with Gasteiger partial charge in [-0.15, -0.1) is 0 Å². The van der Waals surface area contributed by atoms with Crippen molar-refractivity contribution in [2.45, 2.75) is 13.8 Å². The Bertz CT molecular complexity index is 655. The first-order valence-corrected chi connectivity index (χ1v) is 8.59. The predicted octanol–water partition coefficient (Wildman–Crippen LogP) is 3.87. The van der Waals surface area contributed by atoms with Crippen LogP contribution in [0, 0.1) is 0 Å². The minimum atomic E-state index is -0.0487. The lowest BCUT2D eigenvalue weighted by Gasteiger charge is -2.11. The van der Waals surface area contributed by atoms with Crippen molar-refractivity contribution in [2.24, 2.45) is 0 Å². The highest BCUT2D eigenvalue weighted by Gasteiger charge is 2.30. The van der Waals surface area contributed by atoms with Crippen LogP contribution in [0.3, 0.4) is 0 Å². The molecule has 23 heavy (non-hydrogen) atoms. The van der Waals surface area contributed by atoms with Crippen molar-refractivity contribution in [1.29, 1.82) is 0 Å². The quantitative estimate of drug-likeness (QED) is 0.424. The van der Waals surface area contributed by atoms with Crippen molar-refractivity contribution in [3.8, 4) is 11.5 Å². The maximum Gasteiger partial charge on any atom is 0.266 e. The number of likely N-dealkylation sites (N-methyl/N-ethyl adjacent to an activating group) is 1. The molecule has 1 fully saturated rings. The number of rotatable bonds is 7. The summed E-state index contributed by atoms with van der Waals surface area (Å²) in [7, 11) is 0. The van der Waals surface area contributed by atoms with Gasteiger partial charge in [-0.1, -0.05) is 42.7 Å². The number of thioether (sulfide) groups is 1. The fourth-order valence-corrected chi connectivity index (χ4v) is 3.46. The molecule has 0 aliphatic carbocycles. The Balaban J connectivity index is 2.28. The molecule has 2 rings (SSSR count). The highest BCUT2D eigenvalue weighted by atomic mass is 32.2. The van der Waals surface area contributed by atoms with Crippen LogP contribution < -0.4 is 9.47 Å². The maximum atomic E-state index is 12.3. The van der Waals surface area contributed by atoms with Gasteiger partial charge in [-0.3, -0.25) is 9.69 Å². The van der Waals surface area contributed by atoms with Crippen molar-refractivity contribution in [2.75, 3.05) is 19.8 Å². The number of ether oxygens (including phenoxy) is 2. The lowest BCUT2D eigenvalue weighted by molar-refractivity contribution is -0.121. The van der Waals surface area contributed by atoms with E-state index in [4.69, 9.17) is 21.7 Å². The van der Waals surface area contributed by atoms with Gasteiger partial charge in [-0.05, 0) is 37.6 Å². The molecule has 0 atom stereocenters. The van der Waals surface area contributed by atoms with E-state index in [0.717, 1.165) is 5.56 Å². The summed E-state index contributed by atoms with van der Waals surface area (Å²) in [6, 6.07) is 5.58. The second-order valence-electron chi connectivity index (χ2n) is 4.66. The Labute approximate surface area is 146 Å². The molecule has 0 N–H and O–H groups in total. The van der Waals surface area contributed by atoms with Gasteiger partial charge >= 0.3 is 0 Å². The molecule has 1 aromatic carbocycles. The summed E-state index contributed by atoms with van der Waals surface area (Å²) in [6.45, 7) is 8.99. The maximum absolute atomic E-state index is 12.3. The van der Waals surface area contributed by atoms with Crippen LogP contribution in [-0.2, 0) is 4.79 Å². The van der Waals surface area contributed by atoms with Crippen LogP contribution in [-0.4, -0.2) is 34.9 Å². The number of benzene rings is 1. The van der Waals surface area contributed by atoms with E-state index in [0.29, 0.717) is 40.5 Å². The zero-order valence-corrected chi connectivity index (χ0v) is 14.8. The number of carbonyl (C=O) groups excluding carboxylic acids is 1. The molecule has 0 bridgehead atoms. The Morgan fingerprint density at radius 2 is 2.09 bits per heavy atom. The molecule has 0 saturated carbocycles. The van der Waals surface area contributed by atoms with E-state index in [2.05, 4.69) is 6.58 Å². The number of carbonyl (C=O) groups is 1. The summed E-state index contributed by atoms with van der Waals surface area (Å²) in [5.41, 5.74) is 0.871. The van der Waals surface area contributed by atoms with Crippen LogP contribution in [0.15, 0.2) is 35.8 Å². The second kappa shape index (κ2) is 8.17. The summed E-state index contributed by atoms with van der Waals surface area (Å²) in [5.74, 6) is 1.26. The molecular formula is C17H19NO3S2. The molecule has 1 heterocycles. The van der Waals surface area contributed by atoms with E-state index in [1.54, 1.807) is 11.0 Å². The minimum Gasteiger partial charge on any atom is -0.490 e. The third kappa shape index (κ3) is 4.14. The molecule has 1 aromatic rings. The topological polar surface area (TPSA) is 38.8 Å². The molecule has 122 valence electrons. The molecule has 1 aliphatic heterocycles. The standard InChI is InChI=1S/C17H19NO3S2/c1-4-9-21-13-8-7-12(10-14(13)20-6-3)11-15-16(19)18(5-2)17(22)23-15/h4,7-8,10-11H,1,5-6,9H2,2-3H3/b15-11-. The first-order valence-electron chi connectivity index (χ1n) is 7.36. The van der Waals surface area contributed by atoms with E-state index >= 15 is 0 Å². The lowest BCUT2D eigenvalue weighted by Crippen LogP contribution is -2.27. The van der Waals surface area contributed by atoms with Crippen LogP contribution in [0.5, 0.6) is 11.5 Å². The van der Waals surface area contributed by atoms with E-state index in [-0.39, 0.29) is 5.91 Å². The molecule has 1 saturated heterocycles. The van der Waals surface area contributed by atoms with Crippen molar-refractivity contribution < 1.29 is 14.3 Å². The first-order chi connectivity index (χ1) is 11.1. The Morgan fingerprint density at radius 3 is 2.70 bits per heavy atom. The smallest absolute Gasteiger partial charge is 0.266 e. The summed E-state index contributed by atoms with van der Waals surface area (Å²) >= 11 is 6.54. The van der Waals surface area contributed by atoms with Crippen molar-refractivity contribution in [3.63, 3.8) is 0 Å². The van der Waals surface area contributed by atoms with Crippen LogP contribution in [0.1, 0.15) is 19.4 Å². The molecular weight excluding hydrogens is 330 g/mol. The normalized spacial score (nSPS) is 16.1. The molecule has 0 aromatic heterocycles.